The zero-order valence-electron chi connectivity index (χ0n) is 10.7. The fraction of sp³-hybridized carbons (Fsp3) is 0.467. The van der Waals surface area contributed by atoms with Crippen LogP contribution in [-0.2, 0) is 6.42 Å². The van der Waals surface area contributed by atoms with Crippen LogP contribution >= 0.6 is 0 Å². The summed E-state index contributed by atoms with van der Waals surface area (Å²) in [5.74, 6) is 0.0730. The van der Waals surface area contributed by atoms with E-state index in [2.05, 4.69) is 13.0 Å². The van der Waals surface area contributed by atoms with Crippen molar-refractivity contribution in [2.24, 2.45) is 5.92 Å². The number of hydrogen-bond donors (Lipinski definition) is 0. The average molecular weight is 242 g/mol. The maximum atomic E-state index is 12.5. The van der Waals surface area contributed by atoms with Crippen LogP contribution in [0.5, 0.6) is 0 Å². The van der Waals surface area contributed by atoms with Crippen molar-refractivity contribution in [2.75, 3.05) is 13.1 Å². The van der Waals surface area contributed by atoms with Gasteiger partial charge < -0.3 is 4.90 Å². The molecule has 1 saturated heterocycles. The Labute approximate surface area is 108 Å². The number of benzene rings is 1. The van der Waals surface area contributed by atoms with Crippen molar-refractivity contribution in [1.29, 1.82) is 5.26 Å². The highest BCUT2D eigenvalue weighted by atomic mass is 16.2. The number of amides is 1. The normalized spacial score (nSPS) is 19.3. The quantitative estimate of drug-likeness (QED) is 0.800. The van der Waals surface area contributed by atoms with Gasteiger partial charge in [-0.05, 0) is 30.9 Å². The van der Waals surface area contributed by atoms with E-state index in [0.29, 0.717) is 6.54 Å². The molecule has 1 aliphatic rings. The lowest BCUT2D eigenvalue weighted by Crippen LogP contribution is -2.39. The van der Waals surface area contributed by atoms with Crippen LogP contribution in [0.1, 0.15) is 35.7 Å². The number of aryl methyl sites for hydroxylation is 1. The van der Waals surface area contributed by atoms with Gasteiger partial charge in [-0.15, -0.1) is 0 Å². The Balaban J connectivity index is 2.18. The molecule has 1 unspecified atom stereocenters. The van der Waals surface area contributed by atoms with E-state index >= 15 is 0 Å². The lowest BCUT2D eigenvalue weighted by molar-refractivity contribution is 0.0697. The highest BCUT2D eigenvalue weighted by Crippen LogP contribution is 2.19. The monoisotopic (exact) mass is 242 g/mol. The summed E-state index contributed by atoms with van der Waals surface area (Å²) in [5.41, 5.74) is 1.88. The van der Waals surface area contributed by atoms with E-state index in [9.17, 15) is 4.79 Å². The number of piperidine rings is 1. The fourth-order valence-electron chi connectivity index (χ4n) is 2.47. The lowest BCUT2D eigenvalue weighted by atomic mass is 9.97. The molecular weight excluding hydrogens is 224 g/mol. The molecule has 0 saturated carbocycles. The molecule has 1 amide bonds. The summed E-state index contributed by atoms with van der Waals surface area (Å²) in [4.78, 5) is 14.3. The number of likely N-dealkylation sites (tertiary alicyclic amines) is 1. The molecule has 1 aromatic carbocycles. The second-order valence-corrected chi connectivity index (χ2v) is 4.73. The Kier molecular flexibility index (Phi) is 3.99. The maximum absolute atomic E-state index is 12.5. The van der Waals surface area contributed by atoms with Crippen molar-refractivity contribution < 1.29 is 4.79 Å². The van der Waals surface area contributed by atoms with Gasteiger partial charge in [-0.25, -0.2) is 0 Å². The van der Waals surface area contributed by atoms with Gasteiger partial charge in [0.25, 0.3) is 5.91 Å². The molecule has 0 bridgehead atoms. The van der Waals surface area contributed by atoms with Gasteiger partial charge in [0.15, 0.2) is 0 Å². The molecule has 94 valence electrons. The van der Waals surface area contributed by atoms with Crippen LogP contribution < -0.4 is 0 Å². The second-order valence-electron chi connectivity index (χ2n) is 4.73. The Morgan fingerprint density at radius 1 is 1.50 bits per heavy atom. The van der Waals surface area contributed by atoms with E-state index in [0.717, 1.165) is 36.9 Å². The van der Waals surface area contributed by atoms with Gasteiger partial charge in [0, 0.05) is 18.7 Å². The van der Waals surface area contributed by atoms with Crippen LogP contribution in [0.2, 0.25) is 0 Å². The summed E-state index contributed by atoms with van der Waals surface area (Å²) < 4.78 is 0. The largest absolute Gasteiger partial charge is 0.337 e. The Morgan fingerprint density at radius 3 is 3.00 bits per heavy atom. The highest BCUT2D eigenvalue weighted by Gasteiger charge is 2.25. The molecular formula is C15H18N2O. The van der Waals surface area contributed by atoms with Gasteiger partial charge in [-0.2, -0.15) is 5.26 Å². The summed E-state index contributed by atoms with van der Waals surface area (Å²) >= 11 is 0. The second kappa shape index (κ2) is 5.68. The summed E-state index contributed by atoms with van der Waals surface area (Å²) in [5, 5.41) is 8.97. The SMILES string of the molecule is CCc1ccccc1C(=O)N1CCCC(C#N)C1. The molecule has 1 aromatic rings. The number of carbonyl (C=O) groups excluding carboxylic acids is 1. The molecule has 0 aromatic heterocycles. The van der Waals surface area contributed by atoms with Crippen LogP contribution in [0.15, 0.2) is 24.3 Å². The summed E-state index contributed by atoms with van der Waals surface area (Å²) in [6.07, 6.45) is 2.70. The molecule has 2 rings (SSSR count). The minimum Gasteiger partial charge on any atom is -0.337 e. The molecule has 1 aliphatic heterocycles. The van der Waals surface area contributed by atoms with Gasteiger partial charge >= 0.3 is 0 Å². The molecule has 3 heteroatoms. The summed E-state index contributed by atoms with van der Waals surface area (Å²) in [6.45, 7) is 3.41. The number of rotatable bonds is 2. The first-order valence-corrected chi connectivity index (χ1v) is 6.53. The third-order valence-corrected chi connectivity index (χ3v) is 3.52. The predicted molar refractivity (Wildman–Crippen MR) is 70.1 cm³/mol. The van der Waals surface area contributed by atoms with Crippen LogP contribution in [0.4, 0.5) is 0 Å². The van der Waals surface area contributed by atoms with Crippen molar-refractivity contribution in [3.63, 3.8) is 0 Å². The van der Waals surface area contributed by atoms with Crippen LogP contribution in [-0.4, -0.2) is 23.9 Å². The van der Waals surface area contributed by atoms with Gasteiger partial charge in [0.05, 0.1) is 12.0 Å². The van der Waals surface area contributed by atoms with E-state index < -0.39 is 0 Å². The standard InChI is InChI=1S/C15H18N2O/c1-2-13-7-3-4-8-14(13)15(18)17-9-5-6-12(10-16)11-17/h3-4,7-8,12H,2,5-6,9,11H2,1H3. The van der Waals surface area contributed by atoms with Crippen molar-refractivity contribution >= 4 is 5.91 Å². The number of hydrogen-bond acceptors (Lipinski definition) is 2. The van der Waals surface area contributed by atoms with E-state index in [-0.39, 0.29) is 11.8 Å². The van der Waals surface area contributed by atoms with Gasteiger partial charge in [-0.3, -0.25) is 4.79 Å². The number of nitriles is 1. The van der Waals surface area contributed by atoms with E-state index in [1.807, 2.05) is 29.2 Å². The molecule has 1 atom stereocenters. The van der Waals surface area contributed by atoms with E-state index in [4.69, 9.17) is 5.26 Å². The van der Waals surface area contributed by atoms with Crippen LogP contribution in [0, 0.1) is 17.2 Å². The predicted octanol–water partition coefficient (Wildman–Crippen LogP) is 2.62. The molecule has 0 aliphatic carbocycles. The third kappa shape index (κ3) is 2.53. The molecule has 1 fully saturated rings. The smallest absolute Gasteiger partial charge is 0.254 e. The van der Waals surface area contributed by atoms with Gasteiger partial charge in [0.2, 0.25) is 0 Å². The minimum atomic E-state index is -0.00325. The summed E-state index contributed by atoms with van der Waals surface area (Å²) in [6, 6.07) is 10.0. The van der Waals surface area contributed by atoms with Crippen molar-refractivity contribution in [3.05, 3.63) is 35.4 Å². The van der Waals surface area contributed by atoms with Crippen molar-refractivity contribution in [2.45, 2.75) is 26.2 Å². The van der Waals surface area contributed by atoms with E-state index in [1.165, 1.54) is 0 Å². The molecule has 0 N–H and O–H groups in total. The summed E-state index contributed by atoms with van der Waals surface area (Å²) in [7, 11) is 0. The zero-order valence-corrected chi connectivity index (χ0v) is 10.7. The highest BCUT2D eigenvalue weighted by molar-refractivity contribution is 5.95. The maximum Gasteiger partial charge on any atom is 0.254 e. The topological polar surface area (TPSA) is 44.1 Å². The van der Waals surface area contributed by atoms with Crippen LogP contribution in [0.3, 0.4) is 0 Å². The van der Waals surface area contributed by atoms with Crippen molar-refractivity contribution in [3.8, 4) is 6.07 Å². The fourth-order valence-corrected chi connectivity index (χ4v) is 2.47. The molecule has 0 spiro atoms. The Hall–Kier alpha value is -1.82. The van der Waals surface area contributed by atoms with E-state index in [1.54, 1.807) is 0 Å². The van der Waals surface area contributed by atoms with Gasteiger partial charge in [0.1, 0.15) is 0 Å². The molecule has 3 nitrogen and oxygen atoms in total. The third-order valence-electron chi connectivity index (χ3n) is 3.52. The van der Waals surface area contributed by atoms with Gasteiger partial charge in [-0.1, -0.05) is 25.1 Å². The first-order valence-electron chi connectivity index (χ1n) is 6.53. The number of carbonyl (C=O) groups is 1. The molecule has 1 heterocycles. The first kappa shape index (κ1) is 12.6. The molecule has 18 heavy (non-hydrogen) atoms. The average Bonchev–Trinajstić information content (AvgIpc) is 2.46. The Bertz CT molecular complexity index is 476. The Morgan fingerprint density at radius 2 is 2.28 bits per heavy atom. The molecule has 0 radical (unpaired) electrons. The zero-order chi connectivity index (χ0) is 13.0. The first-order chi connectivity index (χ1) is 8.76. The lowest BCUT2D eigenvalue weighted by Gasteiger charge is -2.30. The minimum absolute atomic E-state index is 0.00325. The number of nitrogens with zero attached hydrogens (tertiary/aromatic N) is 2. The van der Waals surface area contributed by atoms with Crippen molar-refractivity contribution in [1.82, 2.24) is 4.90 Å². The van der Waals surface area contributed by atoms with Crippen LogP contribution in [0.25, 0.3) is 0 Å².